The Labute approximate surface area is 136 Å². The van der Waals surface area contributed by atoms with E-state index in [2.05, 4.69) is 15.9 Å². The molecule has 0 unspecified atom stereocenters. The van der Waals surface area contributed by atoms with E-state index >= 15 is 0 Å². The Morgan fingerprint density at radius 3 is 2.59 bits per heavy atom. The van der Waals surface area contributed by atoms with Crippen LogP contribution in [-0.2, 0) is 18.4 Å². The van der Waals surface area contributed by atoms with Crippen LogP contribution in [0.1, 0.15) is 22.8 Å². The normalized spacial score (nSPS) is 10.3. The van der Waals surface area contributed by atoms with Gasteiger partial charge in [-0.25, -0.2) is 4.79 Å². The van der Waals surface area contributed by atoms with Gasteiger partial charge in [0.1, 0.15) is 12.2 Å². The smallest absolute Gasteiger partial charge is 0.343 e. The second-order valence-electron chi connectivity index (χ2n) is 4.59. The lowest BCUT2D eigenvalue weighted by Gasteiger charge is -2.13. The van der Waals surface area contributed by atoms with Crippen LogP contribution in [0.5, 0.6) is 5.75 Å². The van der Waals surface area contributed by atoms with Gasteiger partial charge in [0.05, 0.1) is 11.1 Å². The first-order valence-electron chi connectivity index (χ1n) is 6.77. The highest BCUT2D eigenvalue weighted by atomic mass is 79.9. The first-order chi connectivity index (χ1) is 10.5. The summed E-state index contributed by atoms with van der Waals surface area (Å²) in [4.78, 5) is 24.4. The Morgan fingerprint density at radius 1 is 1.27 bits per heavy atom. The van der Waals surface area contributed by atoms with E-state index in [1.165, 1.54) is 10.8 Å². The van der Waals surface area contributed by atoms with Crippen LogP contribution in [0.4, 0.5) is 0 Å². The molecule has 0 saturated carbocycles. The lowest BCUT2D eigenvalue weighted by Crippen LogP contribution is -2.23. The van der Waals surface area contributed by atoms with Gasteiger partial charge in [-0.15, -0.1) is 0 Å². The topological polar surface area (TPSA) is 57.5 Å². The van der Waals surface area contributed by atoms with Crippen molar-refractivity contribution < 1.29 is 14.3 Å². The third kappa shape index (κ3) is 3.57. The van der Waals surface area contributed by atoms with Gasteiger partial charge in [-0.2, -0.15) is 0 Å². The molecule has 0 aliphatic rings. The molecule has 0 fully saturated rings. The van der Waals surface area contributed by atoms with Crippen LogP contribution in [0.2, 0.25) is 0 Å². The van der Waals surface area contributed by atoms with Crippen LogP contribution in [0.3, 0.4) is 0 Å². The van der Waals surface area contributed by atoms with Crippen LogP contribution >= 0.6 is 15.9 Å². The van der Waals surface area contributed by atoms with Gasteiger partial charge in [-0.1, -0.05) is 30.3 Å². The molecular weight excluding hydrogens is 350 g/mol. The minimum absolute atomic E-state index is 0.0146. The minimum atomic E-state index is -0.588. The number of pyridine rings is 1. The van der Waals surface area contributed by atoms with Gasteiger partial charge < -0.3 is 14.0 Å². The van der Waals surface area contributed by atoms with Crippen molar-refractivity contribution in [3.05, 3.63) is 62.5 Å². The monoisotopic (exact) mass is 365 g/mol. The van der Waals surface area contributed by atoms with Crippen LogP contribution in [0.15, 0.2) is 45.8 Å². The number of aryl methyl sites for hydroxylation is 1. The predicted octanol–water partition coefficient (Wildman–Crippen LogP) is 2.90. The summed E-state index contributed by atoms with van der Waals surface area (Å²) in [5.41, 5.74) is 0.627. The Balaban J connectivity index is 2.39. The molecule has 5 nitrogen and oxygen atoms in total. The van der Waals surface area contributed by atoms with Gasteiger partial charge in [0.25, 0.3) is 5.56 Å². The molecule has 116 valence electrons. The number of ether oxygens (including phenoxy) is 2. The van der Waals surface area contributed by atoms with Crippen molar-refractivity contribution >= 4 is 21.9 Å². The summed E-state index contributed by atoms with van der Waals surface area (Å²) in [6.07, 6.45) is 1.52. The fraction of sp³-hybridized carbons (Fsp3) is 0.250. The molecule has 0 atom stereocenters. The van der Waals surface area contributed by atoms with Crippen molar-refractivity contribution in [2.24, 2.45) is 7.05 Å². The molecule has 0 aliphatic carbocycles. The third-order valence-electron chi connectivity index (χ3n) is 2.99. The van der Waals surface area contributed by atoms with Gasteiger partial charge in [-0.3, -0.25) is 4.79 Å². The highest BCUT2D eigenvalue weighted by Crippen LogP contribution is 2.25. The average Bonchev–Trinajstić information content (AvgIpc) is 2.50. The molecule has 1 aromatic carbocycles. The summed E-state index contributed by atoms with van der Waals surface area (Å²) in [5, 5.41) is 0. The number of halogens is 1. The summed E-state index contributed by atoms with van der Waals surface area (Å²) in [7, 11) is 1.59. The van der Waals surface area contributed by atoms with Crippen LogP contribution in [0.25, 0.3) is 0 Å². The number of carbonyl (C=O) groups excluding carboxylic acids is 1. The SMILES string of the molecule is CCOC(=O)c1c(Br)cn(C)c(=O)c1OCc1ccccc1. The number of benzene rings is 1. The zero-order valence-corrected chi connectivity index (χ0v) is 13.9. The second kappa shape index (κ2) is 7.26. The van der Waals surface area contributed by atoms with Crippen LogP contribution in [-0.4, -0.2) is 17.1 Å². The fourth-order valence-electron chi connectivity index (χ4n) is 1.93. The molecule has 22 heavy (non-hydrogen) atoms. The van der Waals surface area contributed by atoms with Crippen molar-refractivity contribution in [1.29, 1.82) is 0 Å². The summed E-state index contributed by atoms with van der Waals surface area (Å²) in [6.45, 7) is 2.12. The largest absolute Gasteiger partial charge is 0.482 e. The molecule has 0 bridgehead atoms. The highest BCUT2D eigenvalue weighted by Gasteiger charge is 2.22. The molecule has 0 spiro atoms. The van der Waals surface area contributed by atoms with Gasteiger partial charge in [-0.05, 0) is 28.4 Å². The molecule has 1 aromatic heterocycles. The number of hydrogen-bond acceptors (Lipinski definition) is 4. The molecule has 0 amide bonds. The molecule has 2 aromatic rings. The maximum absolute atomic E-state index is 12.3. The molecular formula is C16H16BrNO4. The second-order valence-corrected chi connectivity index (χ2v) is 5.45. The fourth-order valence-corrected chi connectivity index (χ4v) is 2.57. The summed E-state index contributed by atoms with van der Waals surface area (Å²) < 4.78 is 12.4. The standard InChI is InChI=1S/C16H16BrNO4/c1-3-21-16(20)13-12(17)9-18(2)15(19)14(13)22-10-11-7-5-4-6-8-11/h4-9H,3,10H2,1-2H3. The number of carbonyl (C=O) groups is 1. The van der Waals surface area contributed by atoms with Crippen molar-refractivity contribution in [3.63, 3.8) is 0 Å². The Bertz CT molecular complexity index is 725. The zero-order valence-electron chi connectivity index (χ0n) is 12.3. The maximum Gasteiger partial charge on any atom is 0.343 e. The number of nitrogens with zero attached hydrogens (tertiary/aromatic N) is 1. The minimum Gasteiger partial charge on any atom is -0.482 e. The van der Waals surface area contributed by atoms with E-state index < -0.39 is 5.97 Å². The summed E-state index contributed by atoms with van der Waals surface area (Å²) in [5.74, 6) is -0.602. The molecule has 0 radical (unpaired) electrons. The van der Waals surface area contributed by atoms with Crippen molar-refractivity contribution in [2.45, 2.75) is 13.5 Å². The van der Waals surface area contributed by atoms with E-state index in [1.807, 2.05) is 30.3 Å². The highest BCUT2D eigenvalue weighted by molar-refractivity contribution is 9.10. The quantitative estimate of drug-likeness (QED) is 0.764. The summed E-state index contributed by atoms with van der Waals surface area (Å²) in [6, 6.07) is 9.42. The van der Waals surface area contributed by atoms with E-state index in [1.54, 1.807) is 14.0 Å². The van der Waals surface area contributed by atoms with E-state index in [4.69, 9.17) is 9.47 Å². The van der Waals surface area contributed by atoms with E-state index in [-0.39, 0.29) is 30.1 Å². The Morgan fingerprint density at radius 2 is 1.95 bits per heavy atom. The molecule has 6 heteroatoms. The zero-order chi connectivity index (χ0) is 16.1. The molecule has 0 aliphatic heterocycles. The van der Waals surface area contributed by atoms with E-state index in [0.29, 0.717) is 4.47 Å². The first kappa shape index (κ1) is 16.3. The number of aromatic nitrogens is 1. The van der Waals surface area contributed by atoms with Gasteiger partial charge in [0, 0.05) is 13.2 Å². The maximum atomic E-state index is 12.3. The third-order valence-corrected chi connectivity index (χ3v) is 3.59. The van der Waals surface area contributed by atoms with Gasteiger partial charge in [0.15, 0.2) is 0 Å². The van der Waals surface area contributed by atoms with Crippen LogP contribution < -0.4 is 10.3 Å². The van der Waals surface area contributed by atoms with Crippen molar-refractivity contribution in [1.82, 2.24) is 4.57 Å². The summed E-state index contributed by atoms with van der Waals surface area (Å²) >= 11 is 3.29. The Kier molecular flexibility index (Phi) is 5.38. The number of rotatable bonds is 5. The number of hydrogen-bond donors (Lipinski definition) is 0. The van der Waals surface area contributed by atoms with Crippen LogP contribution in [0, 0.1) is 0 Å². The van der Waals surface area contributed by atoms with Crippen molar-refractivity contribution in [2.75, 3.05) is 6.61 Å². The predicted molar refractivity (Wildman–Crippen MR) is 86.1 cm³/mol. The molecule has 1 heterocycles. The Hall–Kier alpha value is -2.08. The van der Waals surface area contributed by atoms with E-state index in [9.17, 15) is 9.59 Å². The average molecular weight is 366 g/mol. The molecule has 0 saturated heterocycles. The van der Waals surface area contributed by atoms with E-state index in [0.717, 1.165) is 5.56 Å². The first-order valence-corrected chi connectivity index (χ1v) is 7.56. The lowest BCUT2D eigenvalue weighted by atomic mass is 10.2. The van der Waals surface area contributed by atoms with Gasteiger partial charge >= 0.3 is 5.97 Å². The van der Waals surface area contributed by atoms with Crippen molar-refractivity contribution in [3.8, 4) is 5.75 Å². The molecule has 2 rings (SSSR count). The van der Waals surface area contributed by atoms with Gasteiger partial charge in [0.2, 0.25) is 5.75 Å². The lowest BCUT2D eigenvalue weighted by molar-refractivity contribution is 0.0519. The molecule has 0 N–H and O–H groups in total. The number of esters is 1.